The van der Waals surface area contributed by atoms with Gasteiger partial charge in [0.15, 0.2) is 0 Å². The van der Waals surface area contributed by atoms with Crippen LogP contribution >= 0.6 is 0 Å². The number of methoxy groups -OCH3 is 1. The third-order valence-electron chi connectivity index (χ3n) is 5.84. The molecule has 32 heavy (non-hydrogen) atoms. The Kier molecular flexibility index (Phi) is 6.40. The number of hydrogen-bond donors (Lipinski definition) is 2. The summed E-state index contributed by atoms with van der Waals surface area (Å²) in [7, 11) is 1.55. The van der Waals surface area contributed by atoms with Gasteiger partial charge in [0.1, 0.15) is 12.4 Å². The molecule has 6 heteroatoms. The van der Waals surface area contributed by atoms with Gasteiger partial charge in [-0.05, 0) is 40.3 Å². The van der Waals surface area contributed by atoms with Gasteiger partial charge in [0.05, 0.1) is 13.0 Å². The lowest BCUT2D eigenvalue weighted by Crippen LogP contribution is -2.35. The Balaban J connectivity index is 1.37. The van der Waals surface area contributed by atoms with Crippen molar-refractivity contribution in [2.75, 3.05) is 20.3 Å². The summed E-state index contributed by atoms with van der Waals surface area (Å²) in [5, 5.41) is 12.2. The third-order valence-corrected chi connectivity index (χ3v) is 5.84. The number of nitrogens with one attached hydrogen (secondary N) is 1. The normalized spacial score (nSPS) is 13.0. The Morgan fingerprint density at radius 2 is 1.53 bits per heavy atom. The highest BCUT2D eigenvalue weighted by Crippen LogP contribution is 2.44. The molecule has 164 valence electrons. The van der Waals surface area contributed by atoms with Crippen LogP contribution in [0.15, 0.2) is 72.8 Å². The molecule has 0 spiro atoms. The molecule has 1 aliphatic rings. The van der Waals surface area contributed by atoms with Crippen molar-refractivity contribution in [3.8, 4) is 16.9 Å². The van der Waals surface area contributed by atoms with E-state index in [9.17, 15) is 14.7 Å². The molecule has 0 aliphatic heterocycles. The number of benzene rings is 3. The number of ether oxygens (including phenoxy) is 2. The predicted molar refractivity (Wildman–Crippen MR) is 121 cm³/mol. The van der Waals surface area contributed by atoms with E-state index >= 15 is 0 Å². The first kappa shape index (κ1) is 21.4. The van der Waals surface area contributed by atoms with Gasteiger partial charge in [-0.15, -0.1) is 0 Å². The predicted octanol–water partition coefficient (Wildman–Crippen LogP) is 4.48. The van der Waals surface area contributed by atoms with Crippen LogP contribution in [0.1, 0.15) is 22.6 Å². The van der Waals surface area contributed by atoms with Crippen molar-refractivity contribution < 1.29 is 24.2 Å². The average Bonchev–Trinajstić information content (AvgIpc) is 3.14. The number of carboxylic acids is 1. The Labute approximate surface area is 186 Å². The first-order valence-corrected chi connectivity index (χ1v) is 10.5. The molecule has 0 saturated heterocycles. The second-order valence-electron chi connectivity index (χ2n) is 7.76. The van der Waals surface area contributed by atoms with Crippen molar-refractivity contribution in [3.63, 3.8) is 0 Å². The van der Waals surface area contributed by atoms with Gasteiger partial charge in [0.2, 0.25) is 0 Å². The maximum atomic E-state index is 12.4. The van der Waals surface area contributed by atoms with Gasteiger partial charge < -0.3 is 19.9 Å². The van der Waals surface area contributed by atoms with Crippen molar-refractivity contribution in [1.82, 2.24) is 5.32 Å². The lowest BCUT2D eigenvalue weighted by Gasteiger charge is -2.17. The third kappa shape index (κ3) is 4.44. The molecule has 3 aromatic rings. The van der Waals surface area contributed by atoms with Crippen LogP contribution in [0.4, 0.5) is 4.79 Å². The molecule has 6 nitrogen and oxygen atoms in total. The van der Waals surface area contributed by atoms with Crippen LogP contribution in [0.25, 0.3) is 11.1 Å². The van der Waals surface area contributed by atoms with Gasteiger partial charge >= 0.3 is 12.1 Å². The molecule has 0 aromatic heterocycles. The zero-order chi connectivity index (χ0) is 22.5. The molecule has 0 saturated carbocycles. The molecule has 0 fully saturated rings. The second-order valence-corrected chi connectivity index (χ2v) is 7.76. The van der Waals surface area contributed by atoms with Crippen LogP contribution in [-0.4, -0.2) is 37.4 Å². The fourth-order valence-electron chi connectivity index (χ4n) is 4.24. The van der Waals surface area contributed by atoms with Gasteiger partial charge in [0, 0.05) is 12.5 Å². The molecule has 0 bridgehead atoms. The number of fused-ring (bicyclic) bond motifs is 3. The molecular weight excluding hydrogens is 406 g/mol. The fraction of sp³-hybridized carbons (Fsp3) is 0.231. The number of amides is 1. The summed E-state index contributed by atoms with van der Waals surface area (Å²) < 4.78 is 10.8. The average molecular weight is 431 g/mol. The van der Waals surface area contributed by atoms with Gasteiger partial charge in [-0.3, -0.25) is 4.79 Å². The van der Waals surface area contributed by atoms with E-state index in [-0.39, 0.29) is 25.5 Å². The lowest BCUT2D eigenvalue weighted by atomic mass is 9.98. The largest absolute Gasteiger partial charge is 0.496 e. The van der Waals surface area contributed by atoms with Crippen molar-refractivity contribution in [3.05, 3.63) is 89.5 Å². The number of alkyl carbamates (subject to hydrolysis) is 1. The molecule has 1 aliphatic carbocycles. The van der Waals surface area contributed by atoms with E-state index in [1.807, 2.05) is 42.5 Å². The van der Waals surface area contributed by atoms with Crippen LogP contribution in [0, 0.1) is 5.92 Å². The van der Waals surface area contributed by atoms with E-state index in [0.717, 1.165) is 27.8 Å². The summed E-state index contributed by atoms with van der Waals surface area (Å²) in [6.45, 7) is 0.147. The Morgan fingerprint density at radius 1 is 0.938 bits per heavy atom. The fourth-order valence-corrected chi connectivity index (χ4v) is 4.24. The van der Waals surface area contributed by atoms with Crippen molar-refractivity contribution in [1.29, 1.82) is 0 Å². The molecule has 0 radical (unpaired) electrons. The number of hydrogen-bond acceptors (Lipinski definition) is 4. The summed E-state index contributed by atoms with van der Waals surface area (Å²) in [6.07, 6.45) is -0.388. The van der Waals surface area contributed by atoms with Gasteiger partial charge in [-0.2, -0.15) is 0 Å². The van der Waals surface area contributed by atoms with E-state index in [2.05, 4.69) is 29.6 Å². The van der Waals surface area contributed by atoms with Crippen LogP contribution in [0.5, 0.6) is 5.75 Å². The highest BCUT2D eigenvalue weighted by atomic mass is 16.5. The molecule has 1 atom stereocenters. The molecule has 1 amide bonds. The van der Waals surface area contributed by atoms with Crippen molar-refractivity contribution in [2.45, 2.75) is 12.3 Å². The molecule has 2 N–H and O–H groups in total. The van der Waals surface area contributed by atoms with E-state index in [1.54, 1.807) is 13.2 Å². The van der Waals surface area contributed by atoms with E-state index in [4.69, 9.17) is 9.47 Å². The Hall–Kier alpha value is -3.80. The lowest BCUT2D eigenvalue weighted by molar-refractivity contribution is -0.141. The Morgan fingerprint density at radius 3 is 2.16 bits per heavy atom. The number of rotatable bonds is 8. The molecular formula is C26H25NO5. The summed E-state index contributed by atoms with van der Waals surface area (Å²) in [4.78, 5) is 24.1. The minimum atomic E-state index is -0.991. The minimum absolute atomic E-state index is 0.0376. The van der Waals surface area contributed by atoms with Gasteiger partial charge in [-0.1, -0.05) is 66.7 Å². The standard InChI is InChI=1S/C26H25NO5/c1-31-24-13-7-2-8-17(24)14-18(25(28)29)15-27-26(30)32-16-23-21-11-5-3-9-19(21)20-10-4-6-12-22(20)23/h2-13,18,23H,14-16H2,1H3,(H,27,30)(H,28,29). The zero-order valence-corrected chi connectivity index (χ0v) is 17.8. The highest BCUT2D eigenvalue weighted by Gasteiger charge is 2.29. The molecule has 3 aromatic carbocycles. The highest BCUT2D eigenvalue weighted by molar-refractivity contribution is 5.79. The maximum absolute atomic E-state index is 12.4. The first-order valence-electron chi connectivity index (χ1n) is 10.5. The Bertz CT molecular complexity index is 1080. The number of para-hydroxylation sites is 1. The summed E-state index contributed by atoms with van der Waals surface area (Å²) in [5.41, 5.74) is 5.33. The molecule has 1 unspecified atom stereocenters. The topological polar surface area (TPSA) is 84.9 Å². The monoisotopic (exact) mass is 431 g/mol. The number of carbonyl (C=O) groups is 2. The van der Waals surface area contributed by atoms with Crippen LogP contribution in [-0.2, 0) is 16.0 Å². The molecule has 0 heterocycles. The van der Waals surface area contributed by atoms with E-state index in [1.165, 1.54) is 0 Å². The maximum Gasteiger partial charge on any atom is 0.407 e. The number of carbonyl (C=O) groups excluding carboxylic acids is 1. The summed E-state index contributed by atoms with van der Waals surface area (Å²) in [5.74, 6) is -1.21. The van der Waals surface area contributed by atoms with Crippen LogP contribution < -0.4 is 10.1 Å². The number of aliphatic carboxylic acids is 1. The minimum Gasteiger partial charge on any atom is -0.496 e. The summed E-state index contributed by atoms with van der Waals surface area (Å²) >= 11 is 0. The van der Waals surface area contributed by atoms with Crippen LogP contribution in [0.2, 0.25) is 0 Å². The molecule has 4 rings (SSSR count). The number of carboxylic acid groups (broad SMARTS) is 1. The summed E-state index contributed by atoms with van der Waals surface area (Å²) in [6, 6.07) is 23.5. The second kappa shape index (κ2) is 9.56. The van der Waals surface area contributed by atoms with Gasteiger partial charge in [-0.25, -0.2) is 4.79 Å². The van der Waals surface area contributed by atoms with Crippen LogP contribution in [0.3, 0.4) is 0 Å². The van der Waals surface area contributed by atoms with Crippen molar-refractivity contribution >= 4 is 12.1 Å². The van der Waals surface area contributed by atoms with Gasteiger partial charge in [0.25, 0.3) is 0 Å². The first-order chi connectivity index (χ1) is 15.6. The quantitative estimate of drug-likeness (QED) is 0.549. The smallest absolute Gasteiger partial charge is 0.407 e. The van der Waals surface area contributed by atoms with Crippen molar-refractivity contribution in [2.24, 2.45) is 5.92 Å². The zero-order valence-electron chi connectivity index (χ0n) is 17.8. The van der Waals surface area contributed by atoms with E-state index < -0.39 is 18.0 Å². The van der Waals surface area contributed by atoms with E-state index in [0.29, 0.717) is 5.75 Å². The SMILES string of the molecule is COc1ccccc1CC(CNC(=O)OCC1c2ccccc2-c2ccccc21)C(=O)O.